The van der Waals surface area contributed by atoms with Gasteiger partial charge in [-0.2, -0.15) is 0 Å². The fourth-order valence-corrected chi connectivity index (χ4v) is 3.12. The molecular weight excluding hydrogens is 260 g/mol. The van der Waals surface area contributed by atoms with E-state index in [9.17, 15) is 0 Å². The molecule has 3 rings (SSSR count). The van der Waals surface area contributed by atoms with Crippen molar-refractivity contribution in [1.29, 1.82) is 0 Å². The van der Waals surface area contributed by atoms with E-state index in [1.807, 2.05) is 6.07 Å². The molecule has 1 saturated heterocycles. The van der Waals surface area contributed by atoms with Crippen LogP contribution in [-0.2, 0) is 0 Å². The van der Waals surface area contributed by atoms with Crippen LogP contribution in [0, 0.1) is 0 Å². The summed E-state index contributed by atoms with van der Waals surface area (Å²) < 4.78 is 0. The Labute approximate surface area is 126 Å². The summed E-state index contributed by atoms with van der Waals surface area (Å²) >= 11 is 0. The topological polar surface area (TPSA) is 45.4 Å². The monoisotopic (exact) mass is 284 g/mol. The third kappa shape index (κ3) is 3.01. The maximum Gasteiger partial charge on any atom is 0.129 e. The molecule has 1 aliphatic rings. The molecule has 2 N–H and O–H groups in total. The molecule has 1 aromatic carbocycles. The Morgan fingerprint density at radius 3 is 2.57 bits per heavy atom. The van der Waals surface area contributed by atoms with Crippen molar-refractivity contribution in [2.24, 2.45) is 5.73 Å². The molecule has 0 bridgehead atoms. The van der Waals surface area contributed by atoms with Gasteiger partial charge in [0.2, 0.25) is 0 Å². The van der Waals surface area contributed by atoms with Crippen LogP contribution >= 0.6 is 0 Å². The normalized spacial score (nSPS) is 18.1. The smallest absolute Gasteiger partial charge is 0.129 e. The van der Waals surface area contributed by atoms with Gasteiger partial charge in [-0.25, -0.2) is 4.98 Å². The number of hydrogen-bond donors (Lipinski definition) is 1. The van der Waals surface area contributed by atoms with Crippen LogP contribution in [0.3, 0.4) is 0 Å². The zero-order valence-electron chi connectivity index (χ0n) is 12.7. The second-order valence-corrected chi connectivity index (χ2v) is 5.68. The van der Waals surface area contributed by atoms with Crippen LogP contribution in [0.2, 0.25) is 0 Å². The first-order valence-electron chi connectivity index (χ1n) is 7.86. The van der Waals surface area contributed by atoms with Crippen molar-refractivity contribution in [3.8, 4) is 0 Å². The van der Waals surface area contributed by atoms with Gasteiger partial charge in [-0.3, -0.25) is 4.90 Å². The Hall–Kier alpha value is -1.65. The van der Waals surface area contributed by atoms with Crippen molar-refractivity contribution in [3.63, 3.8) is 0 Å². The lowest BCUT2D eigenvalue weighted by atomic mass is 10.1. The van der Waals surface area contributed by atoms with Crippen molar-refractivity contribution in [3.05, 3.63) is 36.4 Å². The predicted molar refractivity (Wildman–Crippen MR) is 88.7 cm³/mol. The zero-order chi connectivity index (χ0) is 14.7. The van der Waals surface area contributed by atoms with Gasteiger partial charge in [-0.05, 0) is 24.6 Å². The quantitative estimate of drug-likeness (QED) is 0.934. The van der Waals surface area contributed by atoms with E-state index >= 15 is 0 Å². The third-order valence-electron chi connectivity index (χ3n) is 4.48. The number of aromatic nitrogens is 1. The first kappa shape index (κ1) is 14.3. The second kappa shape index (κ2) is 6.41. The Balaban J connectivity index is 1.70. The molecule has 0 amide bonds. The number of anilines is 1. The van der Waals surface area contributed by atoms with Gasteiger partial charge in [0.1, 0.15) is 5.82 Å². The zero-order valence-corrected chi connectivity index (χ0v) is 12.7. The number of para-hydroxylation sites is 1. The van der Waals surface area contributed by atoms with E-state index in [-0.39, 0.29) is 0 Å². The molecular formula is C17H24N4. The molecule has 1 atom stereocenters. The fourth-order valence-electron chi connectivity index (χ4n) is 3.12. The van der Waals surface area contributed by atoms with Gasteiger partial charge in [0.05, 0.1) is 5.52 Å². The van der Waals surface area contributed by atoms with Gasteiger partial charge in [0.15, 0.2) is 0 Å². The van der Waals surface area contributed by atoms with Gasteiger partial charge in [0, 0.05) is 44.2 Å². The minimum atomic E-state index is 0.525. The molecule has 2 aromatic rings. The van der Waals surface area contributed by atoms with Gasteiger partial charge in [-0.1, -0.05) is 25.1 Å². The molecule has 4 heteroatoms. The van der Waals surface area contributed by atoms with Crippen molar-refractivity contribution in [2.45, 2.75) is 19.4 Å². The molecule has 2 heterocycles. The highest BCUT2D eigenvalue weighted by molar-refractivity contribution is 5.80. The molecule has 0 aliphatic carbocycles. The van der Waals surface area contributed by atoms with Gasteiger partial charge in [-0.15, -0.1) is 0 Å². The summed E-state index contributed by atoms with van der Waals surface area (Å²) in [5, 5.41) is 1.20. The number of hydrogen-bond acceptors (Lipinski definition) is 4. The summed E-state index contributed by atoms with van der Waals surface area (Å²) in [6, 6.07) is 13.1. The van der Waals surface area contributed by atoms with E-state index in [1.165, 1.54) is 5.39 Å². The van der Waals surface area contributed by atoms with Gasteiger partial charge >= 0.3 is 0 Å². The van der Waals surface area contributed by atoms with E-state index in [2.05, 4.69) is 47.1 Å². The number of benzene rings is 1. The molecule has 4 nitrogen and oxygen atoms in total. The van der Waals surface area contributed by atoms with Crippen molar-refractivity contribution in [1.82, 2.24) is 9.88 Å². The summed E-state index contributed by atoms with van der Waals surface area (Å²) in [6.07, 6.45) is 1.13. The molecule has 1 aliphatic heterocycles. The maximum absolute atomic E-state index is 5.85. The van der Waals surface area contributed by atoms with Crippen LogP contribution in [0.4, 0.5) is 5.82 Å². The highest BCUT2D eigenvalue weighted by atomic mass is 15.3. The molecule has 1 aromatic heterocycles. The SMILES string of the molecule is CCC(CN)N1CCN(c2ccc3ccccc3n2)CC1. The van der Waals surface area contributed by atoms with E-state index in [4.69, 9.17) is 10.7 Å². The van der Waals surface area contributed by atoms with Gasteiger partial charge < -0.3 is 10.6 Å². The highest BCUT2D eigenvalue weighted by Crippen LogP contribution is 2.19. The molecule has 112 valence electrons. The number of pyridine rings is 1. The summed E-state index contributed by atoms with van der Waals surface area (Å²) in [5.41, 5.74) is 6.93. The van der Waals surface area contributed by atoms with Crippen LogP contribution in [0.5, 0.6) is 0 Å². The van der Waals surface area contributed by atoms with E-state index in [0.717, 1.165) is 50.5 Å². The highest BCUT2D eigenvalue weighted by Gasteiger charge is 2.22. The first-order chi connectivity index (χ1) is 10.3. The van der Waals surface area contributed by atoms with E-state index in [1.54, 1.807) is 0 Å². The van der Waals surface area contributed by atoms with Crippen LogP contribution in [0.1, 0.15) is 13.3 Å². The van der Waals surface area contributed by atoms with Gasteiger partial charge in [0.25, 0.3) is 0 Å². The first-order valence-corrected chi connectivity index (χ1v) is 7.86. The number of fused-ring (bicyclic) bond motifs is 1. The summed E-state index contributed by atoms with van der Waals surface area (Å²) in [6.45, 7) is 7.18. The van der Waals surface area contributed by atoms with Crippen molar-refractivity contribution < 1.29 is 0 Å². The van der Waals surface area contributed by atoms with Crippen LogP contribution in [-0.4, -0.2) is 48.6 Å². The molecule has 0 radical (unpaired) electrons. The lowest BCUT2D eigenvalue weighted by Crippen LogP contribution is -2.52. The lowest BCUT2D eigenvalue weighted by molar-refractivity contribution is 0.184. The van der Waals surface area contributed by atoms with Crippen LogP contribution < -0.4 is 10.6 Å². The number of nitrogens with two attached hydrogens (primary N) is 1. The minimum Gasteiger partial charge on any atom is -0.354 e. The van der Waals surface area contributed by atoms with Crippen molar-refractivity contribution in [2.75, 3.05) is 37.6 Å². The van der Waals surface area contributed by atoms with Crippen LogP contribution in [0.15, 0.2) is 36.4 Å². The molecule has 0 saturated carbocycles. The van der Waals surface area contributed by atoms with E-state index < -0.39 is 0 Å². The Morgan fingerprint density at radius 2 is 1.86 bits per heavy atom. The predicted octanol–water partition coefficient (Wildman–Crippen LogP) is 2.09. The average Bonchev–Trinajstić information content (AvgIpc) is 2.56. The standard InChI is InChI=1S/C17H24N4/c1-2-15(13-18)20-9-11-21(12-10-20)17-8-7-14-5-3-4-6-16(14)19-17/h3-8,15H,2,9-13,18H2,1H3. The Bertz CT molecular complexity index is 586. The third-order valence-corrected chi connectivity index (χ3v) is 4.48. The second-order valence-electron chi connectivity index (χ2n) is 5.68. The molecule has 0 spiro atoms. The summed E-state index contributed by atoms with van der Waals surface area (Å²) in [4.78, 5) is 9.68. The largest absolute Gasteiger partial charge is 0.354 e. The molecule has 21 heavy (non-hydrogen) atoms. The lowest BCUT2D eigenvalue weighted by Gasteiger charge is -2.39. The fraction of sp³-hybridized carbons (Fsp3) is 0.471. The average molecular weight is 284 g/mol. The number of nitrogens with zero attached hydrogens (tertiary/aromatic N) is 3. The van der Waals surface area contributed by atoms with Crippen LogP contribution in [0.25, 0.3) is 10.9 Å². The van der Waals surface area contributed by atoms with E-state index in [0.29, 0.717) is 6.04 Å². The Morgan fingerprint density at radius 1 is 1.10 bits per heavy atom. The van der Waals surface area contributed by atoms with Crippen molar-refractivity contribution >= 4 is 16.7 Å². The minimum absolute atomic E-state index is 0.525. The molecule has 1 fully saturated rings. The Kier molecular flexibility index (Phi) is 4.36. The summed E-state index contributed by atoms with van der Waals surface area (Å²) in [5.74, 6) is 1.09. The number of piperazine rings is 1. The summed E-state index contributed by atoms with van der Waals surface area (Å²) in [7, 11) is 0. The molecule has 1 unspecified atom stereocenters. The maximum atomic E-state index is 5.85. The number of rotatable bonds is 4.